The number of ether oxygens (including phenoxy) is 2. The van der Waals surface area contributed by atoms with Crippen LogP contribution in [0.2, 0.25) is 0 Å². The molecule has 41 heavy (non-hydrogen) atoms. The van der Waals surface area contributed by atoms with E-state index in [1.165, 1.54) is 28.0 Å². The van der Waals surface area contributed by atoms with Gasteiger partial charge in [0.2, 0.25) is 0 Å². The number of carbonyl (C=O) groups is 3. The van der Waals surface area contributed by atoms with Crippen molar-refractivity contribution in [1.29, 1.82) is 0 Å². The Labute approximate surface area is 250 Å². The molecule has 0 aliphatic carbocycles. The van der Waals surface area contributed by atoms with Crippen LogP contribution in [0.15, 0.2) is 95.2 Å². The van der Waals surface area contributed by atoms with E-state index in [2.05, 4.69) is 5.32 Å². The highest BCUT2D eigenvalue weighted by Gasteiger charge is 2.33. The second-order valence-corrected chi connectivity index (χ2v) is 11.3. The number of nitrogens with one attached hydrogen (secondary N) is 1. The number of thioether (sulfide) groups is 1. The molecule has 1 fully saturated rings. The minimum absolute atomic E-state index is 0.172. The van der Waals surface area contributed by atoms with Crippen LogP contribution in [0.3, 0.4) is 0 Å². The first-order valence-corrected chi connectivity index (χ1v) is 14.7. The number of esters is 1. The molecule has 0 saturated carbocycles. The van der Waals surface area contributed by atoms with Crippen molar-refractivity contribution in [1.82, 2.24) is 0 Å². The summed E-state index contributed by atoms with van der Waals surface area (Å²) in [6.07, 6.45) is 1.77. The summed E-state index contributed by atoms with van der Waals surface area (Å²) in [7, 11) is 0. The molecular weight excluding hydrogens is 577 g/mol. The Bertz CT molecular complexity index is 1620. The highest BCUT2D eigenvalue weighted by Crippen LogP contribution is 2.37. The fourth-order valence-electron chi connectivity index (χ4n) is 4.08. The Balaban J connectivity index is 1.22. The minimum atomic E-state index is -0.500. The molecule has 1 aromatic heterocycles. The van der Waals surface area contributed by atoms with E-state index in [0.29, 0.717) is 31.1 Å². The van der Waals surface area contributed by atoms with Gasteiger partial charge in [-0.05, 0) is 48.4 Å². The van der Waals surface area contributed by atoms with E-state index in [9.17, 15) is 14.4 Å². The second-order valence-electron chi connectivity index (χ2n) is 8.70. The highest BCUT2D eigenvalue weighted by atomic mass is 32.2. The summed E-state index contributed by atoms with van der Waals surface area (Å²) in [5.74, 6) is -0.601. The molecule has 5 rings (SSSR count). The standard InChI is InChI=1S/C31H24N2O5S3/c1-2-37-30(36)27-24(21-9-5-3-6-10-21)19-40-28(27)32-26(34)18-38-23-15-13-20(14-16-23)17-25-29(35)33(31(39)41-25)22-11-7-4-8-12-22/h3-17,19H,2,18H2,1H3,(H,32,34)/b25-17-. The molecule has 1 N–H and O–H groups in total. The van der Waals surface area contributed by atoms with Crippen LogP contribution in [0.25, 0.3) is 17.2 Å². The predicted octanol–water partition coefficient (Wildman–Crippen LogP) is 7.02. The molecule has 3 aromatic carbocycles. The molecule has 1 aliphatic heterocycles. The zero-order valence-electron chi connectivity index (χ0n) is 21.9. The van der Waals surface area contributed by atoms with E-state index in [1.807, 2.05) is 66.0 Å². The smallest absolute Gasteiger partial charge is 0.341 e. The van der Waals surface area contributed by atoms with Crippen LogP contribution in [-0.2, 0) is 14.3 Å². The maximum Gasteiger partial charge on any atom is 0.341 e. The molecule has 0 radical (unpaired) electrons. The van der Waals surface area contributed by atoms with Crippen molar-refractivity contribution in [2.75, 3.05) is 23.4 Å². The summed E-state index contributed by atoms with van der Waals surface area (Å²) >= 11 is 7.93. The SMILES string of the molecule is CCOC(=O)c1c(-c2ccccc2)csc1NC(=O)COc1ccc(/C=C2\SC(=S)N(c3ccccc3)C2=O)cc1. The van der Waals surface area contributed by atoms with Gasteiger partial charge in [0.1, 0.15) is 16.3 Å². The van der Waals surface area contributed by atoms with E-state index < -0.39 is 11.9 Å². The van der Waals surface area contributed by atoms with E-state index in [4.69, 9.17) is 21.7 Å². The summed E-state index contributed by atoms with van der Waals surface area (Å²) in [4.78, 5) is 40.5. The van der Waals surface area contributed by atoms with Crippen molar-refractivity contribution < 1.29 is 23.9 Å². The second kappa shape index (κ2) is 12.9. The van der Waals surface area contributed by atoms with Gasteiger partial charge in [-0.1, -0.05) is 84.6 Å². The molecule has 1 aliphatic rings. The van der Waals surface area contributed by atoms with Gasteiger partial charge in [0.05, 0.1) is 17.2 Å². The molecule has 0 atom stereocenters. The fraction of sp³-hybridized carbons (Fsp3) is 0.0968. The zero-order valence-corrected chi connectivity index (χ0v) is 24.3. The molecular formula is C31H24N2O5S3. The number of hydrogen-bond donors (Lipinski definition) is 1. The molecule has 7 nitrogen and oxygen atoms in total. The first kappa shape index (κ1) is 28.3. The topological polar surface area (TPSA) is 84.9 Å². The van der Waals surface area contributed by atoms with Gasteiger partial charge in [0.15, 0.2) is 10.9 Å². The summed E-state index contributed by atoms with van der Waals surface area (Å²) in [5, 5.41) is 5.01. The van der Waals surface area contributed by atoms with Gasteiger partial charge in [-0.15, -0.1) is 11.3 Å². The number of anilines is 2. The molecule has 0 bridgehead atoms. The van der Waals surface area contributed by atoms with Crippen molar-refractivity contribution in [2.45, 2.75) is 6.92 Å². The Morgan fingerprint density at radius 2 is 1.66 bits per heavy atom. The lowest BCUT2D eigenvalue weighted by molar-refractivity contribution is -0.118. The maximum absolute atomic E-state index is 13.0. The van der Waals surface area contributed by atoms with Gasteiger partial charge in [-0.3, -0.25) is 14.5 Å². The number of hydrogen-bond acceptors (Lipinski definition) is 8. The van der Waals surface area contributed by atoms with Crippen LogP contribution in [0.1, 0.15) is 22.8 Å². The molecule has 4 aromatic rings. The van der Waals surface area contributed by atoms with Gasteiger partial charge < -0.3 is 14.8 Å². The van der Waals surface area contributed by atoms with Gasteiger partial charge in [0.25, 0.3) is 11.8 Å². The first-order chi connectivity index (χ1) is 19.9. The summed E-state index contributed by atoms with van der Waals surface area (Å²) in [6, 6.07) is 25.8. The number of para-hydroxylation sites is 1. The van der Waals surface area contributed by atoms with Gasteiger partial charge in [-0.2, -0.15) is 0 Å². The number of rotatable bonds is 9. The number of thiocarbonyl (C=S) groups is 1. The van der Waals surface area contributed by atoms with E-state index in [0.717, 1.165) is 16.8 Å². The summed E-state index contributed by atoms with van der Waals surface area (Å²) in [6.45, 7) is 1.70. The highest BCUT2D eigenvalue weighted by molar-refractivity contribution is 8.27. The predicted molar refractivity (Wildman–Crippen MR) is 168 cm³/mol. The first-order valence-electron chi connectivity index (χ1n) is 12.6. The van der Waals surface area contributed by atoms with Gasteiger partial charge in [0, 0.05) is 10.9 Å². The maximum atomic E-state index is 13.0. The van der Waals surface area contributed by atoms with Crippen molar-refractivity contribution >= 4 is 74.2 Å². The third-order valence-corrected chi connectivity index (χ3v) is 8.16. The summed E-state index contributed by atoms with van der Waals surface area (Å²) < 4.78 is 11.4. The average Bonchev–Trinajstić information content (AvgIpc) is 3.53. The minimum Gasteiger partial charge on any atom is -0.484 e. The molecule has 1 saturated heterocycles. The number of carbonyl (C=O) groups excluding carboxylic acids is 3. The number of thiophene rings is 1. The third-order valence-electron chi connectivity index (χ3n) is 5.96. The number of amides is 2. The normalized spacial score (nSPS) is 13.9. The van der Waals surface area contributed by atoms with Crippen molar-refractivity contribution in [3.63, 3.8) is 0 Å². The zero-order chi connectivity index (χ0) is 28.8. The van der Waals surface area contributed by atoms with Gasteiger partial charge >= 0.3 is 5.97 Å². The third kappa shape index (κ3) is 6.57. The number of nitrogens with zero attached hydrogens (tertiary/aromatic N) is 1. The largest absolute Gasteiger partial charge is 0.484 e. The van der Waals surface area contributed by atoms with Crippen LogP contribution in [0.5, 0.6) is 5.75 Å². The molecule has 0 spiro atoms. The molecule has 10 heteroatoms. The van der Waals surface area contributed by atoms with Crippen LogP contribution in [-0.4, -0.2) is 35.3 Å². The van der Waals surface area contributed by atoms with Crippen molar-refractivity contribution in [2.24, 2.45) is 0 Å². The lowest BCUT2D eigenvalue weighted by Gasteiger charge is -2.13. The molecule has 2 amide bonds. The Morgan fingerprint density at radius 1 is 0.976 bits per heavy atom. The van der Waals surface area contributed by atoms with Crippen LogP contribution in [0.4, 0.5) is 10.7 Å². The van der Waals surface area contributed by atoms with Crippen LogP contribution >= 0.6 is 35.3 Å². The molecule has 206 valence electrons. The monoisotopic (exact) mass is 600 g/mol. The van der Waals surface area contributed by atoms with E-state index in [1.54, 1.807) is 37.3 Å². The van der Waals surface area contributed by atoms with Crippen LogP contribution in [0, 0.1) is 0 Å². The Kier molecular flexibility index (Phi) is 8.93. The van der Waals surface area contributed by atoms with E-state index >= 15 is 0 Å². The number of benzene rings is 3. The van der Waals surface area contributed by atoms with Gasteiger partial charge in [-0.25, -0.2) is 4.79 Å². The van der Waals surface area contributed by atoms with E-state index in [-0.39, 0.29) is 19.1 Å². The lowest BCUT2D eigenvalue weighted by atomic mass is 10.0. The molecule has 2 heterocycles. The van der Waals surface area contributed by atoms with Crippen molar-refractivity contribution in [3.8, 4) is 16.9 Å². The van der Waals surface area contributed by atoms with Crippen LogP contribution < -0.4 is 15.0 Å². The van der Waals surface area contributed by atoms with Crippen molar-refractivity contribution in [3.05, 3.63) is 106 Å². The molecule has 0 unspecified atom stereocenters. The fourth-order valence-corrected chi connectivity index (χ4v) is 6.35. The Morgan fingerprint density at radius 3 is 2.34 bits per heavy atom. The average molecular weight is 601 g/mol. The lowest BCUT2D eigenvalue weighted by Crippen LogP contribution is -2.27. The Hall–Kier alpha value is -4.25. The quantitative estimate of drug-likeness (QED) is 0.126. The summed E-state index contributed by atoms with van der Waals surface area (Å²) in [5.41, 5.74) is 3.39.